The molecule has 0 aliphatic rings. The van der Waals surface area contributed by atoms with E-state index in [-0.39, 0.29) is 6.54 Å². The molecule has 0 aliphatic carbocycles. The van der Waals surface area contributed by atoms with Crippen LogP contribution in [0.25, 0.3) is 0 Å². The number of carbonyl (C=O) groups excluding carboxylic acids is 1. The van der Waals surface area contributed by atoms with Gasteiger partial charge in [-0.25, -0.2) is 0 Å². The van der Waals surface area contributed by atoms with Gasteiger partial charge in [0, 0.05) is 0 Å². The summed E-state index contributed by atoms with van der Waals surface area (Å²) >= 11 is 0. The van der Waals surface area contributed by atoms with Crippen LogP contribution in [-0.2, 0) is 9.59 Å². The minimum atomic E-state index is -0.865. The third-order valence-electron chi connectivity index (χ3n) is 2.71. The maximum Gasteiger partial charge on any atom is 0.320 e. The molecule has 0 saturated carbocycles. The molecule has 5 nitrogen and oxygen atoms in total. The van der Waals surface area contributed by atoms with Gasteiger partial charge < -0.3 is 10.8 Å². The first kappa shape index (κ1) is 15.9. The van der Waals surface area contributed by atoms with Crippen molar-refractivity contribution in [1.82, 2.24) is 4.90 Å². The molecule has 1 amide bonds. The summed E-state index contributed by atoms with van der Waals surface area (Å²) in [7, 11) is 0. The standard InChI is InChI=1S/C12H24N2O3/c1-3-5-7-10(12(16)17)14(8-6-4-2)9-11(13)15/h10H,3-9H2,1-2H3,(H2,13,15)(H,16,17). The van der Waals surface area contributed by atoms with Crippen LogP contribution in [0.1, 0.15) is 46.0 Å². The van der Waals surface area contributed by atoms with E-state index < -0.39 is 17.9 Å². The largest absolute Gasteiger partial charge is 0.480 e. The average Bonchev–Trinajstić information content (AvgIpc) is 2.24. The lowest BCUT2D eigenvalue weighted by atomic mass is 10.1. The van der Waals surface area contributed by atoms with E-state index in [9.17, 15) is 14.7 Å². The van der Waals surface area contributed by atoms with Crippen molar-refractivity contribution in [2.45, 2.75) is 52.0 Å². The highest BCUT2D eigenvalue weighted by molar-refractivity contribution is 5.78. The molecule has 0 radical (unpaired) electrons. The van der Waals surface area contributed by atoms with Gasteiger partial charge in [-0.15, -0.1) is 0 Å². The van der Waals surface area contributed by atoms with Crippen LogP contribution in [0, 0.1) is 0 Å². The summed E-state index contributed by atoms with van der Waals surface area (Å²) in [5.41, 5.74) is 5.16. The topological polar surface area (TPSA) is 83.6 Å². The zero-order valence-corrected chi connectivity index (χ0v) is 10.8. The van der Waals surface area contributed by atoms with Gasteiger partial charge >= 0.3 is 5.97 Å². The van der Waals surface area contributed by atoms with E-state index in [1.807, 2.05) is 13.8 Å². The Morgan fingerprint density at radius 1 is 1.24 bits per heavy atom. The Morgan fingerprint density at radius 3 is 2.24 bits per heavy atom. The van der Waals surface area contributed by atoms with Gasteiger partial charge in [0.15, 0.2) is 0 Å². The number of nitrogens with two attached hydrogens (primary N) is 1. The highest BCUT2D eigenvalue weighted by atomic mass is 16.4. The first-order valence-electron chi connectivity index (χ1n) is 6.28. The molecule has 0 saturated heterocycles. The van der Waals surface area contributed by atoms with E-state index in [4.69, 9.17) is 5.73 Å². The summed E-state index contributed by atoms with van der Waals surface area (Å²) in [6, 6.07) is -0.589. The number of unbranched alkanes of at least 4 members (excludes halogenated alkanes) is 2. The Bertz CT molecular complexity index is 244. The van der Waals surface area contributed by atoms with E-state index in [0.29, 0.717) is 13.0 Å². The number of carboxylic acids is 1. The zero-order valence-electron chi connectivity index (χ0n) is 10.8. The number of nitrogens with zero attached hydrogens (tertiary/aromatic N) is 1. The summed E-state index contributed by atoms with van der Waals surface area (Å²) in [4.78, 5) is 23.8. The molecule has 0 aromatic heterocycles. The van der Waals surface area contributed by atoms with E-state index in [1.54, 1.807) is 4.90 Å². The van der Waals surface area contributed by atoms with Gasteiger partial charge in [-0.3, -0.25) is 14.5 Å². The van der Waals surface area contributed by atoms with Crippen LogP contribution in [0.4, 0.5) is 0 Å². The molecule has 0 heterocycles. The number of primary amides is 1. The van der Waals surface area contributed by atoms with Gasteiger partial charge in [0.25, 0.3) is 0 Å². The van der Waals surface area contributed by atoms with Gasteiger partial charge in [0.2, 0.25) is 5.91 Å². The van der Waals surface area contributed by atoms with Crippen molar-refractivity contribution in [3.8, 4) is 0 Å². The number of amides is 1. The smallest absolute Gasteiger partial charge is 0.320 e. The Morgan fingerprint density at radius 2 is 1.82 bits per heavy atom. The molecule has 0 fully saturated rings. The molecule has 0 aliphatic heterocycles. The fourth-order valence-corrected chi connectivity index (χ4v) is 1.77. The zero-order chi connectivity index (χ0) is 13.3. The van der Waals surface area contributed by atoms with Crippen LogP contribution in [0.2, 0.25) is 0 Å². The normalized spacial score (nSPS) is 12.6. The molecular weight excluding hydrogens is 220 g/mol. The predicted molar refractivity (Wildman–Crippen MR) is 66.6 cm³/mol. The molecule has 0 bridgehead atoms. The fourth-order valence-electron chi connectivity index (χ4n) is 1.77. The number of carbonyl (C=O) groups is 2. The third kappa shape index (κ3) is 6.94. The summed E-state index contributed by atoms with van der Waals surface area (Å²) in [6.45, 7) is 4.69. The molecule has 0 rings (SSSR count). The van der Waals surface area contributed by atoms with Gasteiger partial charge in [0.1, 0.15) is 6.04 Å². The summed E-state index contributed by atoms with van der Waals surface area (Å²) in [5, 5.41) is 9.19. The highest BCUT2D eigenvalue weighted by Gasteiger charge is 2.25. The van der Waals surface area contributed by atoms with Crippen molar-refractivity contribution in [1.29, 1.82) is 0 Å². The molecule has 17 heavy (non-hydrogen) atoms. The van der Waals surface area contributed by atoms with Crippen LogP contribution in [0.3, 0.4) is 0 Å². The lowest BCUT2D eigenvalue weighted by Crippen LogP contribution is -2.46. The molecule has 3 N–H and O–H groups in total. The number of rotatable bonds is 10. The van der Waals surface area contributed by atoms with Crippen molar-refractivity contribution >= 4 is 11.9 Å². The van der Waals surface area contributed by atoms with Crippen molar-refractivity contribution in [2.75, 3.05) is 13.1 Å². The van der Waals surface area contributed by atoms with Crippen LogP contribution in [0.5, 0.6) is 0 Å². The molecular formula is C12H24N2O3. The van der Waals surface area contributed by atoms with E-state index in [2.05, 4.69) is 0 Å². The molecule has 0 aromatic carbocycles. The first-order valence-corrected chi connectivity index (χ1v) is 6.28. The van der Waals surface area contributed by atoms with Crippen LogP contribution in [-0.4, -0.2) is 41.0 Å². The average molecular weight is 244 g/mol. The minimum Gasteiger partial charge on any atom is -0.480 e. The summed E-state index contributed by atoms with van der Waals surface area (Å²) < 4.78 is 0. The summed E-state index contributed by atoms with van der Waals surface area (Å²) in [5.74, 6) is -1.33. The quantitative estimate of drug-likeness (QED) is 0.605. The Labute approximate surface area is 103 Å². The maximum atomic E-state index is 11.2. The number of hydrogen-bond donors (Lipinski definition) is 2. The maximum absolute atomic E-state index is 11.2. The first-order chi connectivity index (χ1) is 8.02. The number of aliphatic carboxylic acids is 1. The Kier molecular flexibility index (Phi) is 8.40. The molecule has 1 unspecified atom stereocenters. The lowest BCUT2D eigenvalue weighted by molar-refractivity contribution is -0.144. The molecule has 0 spiro atoms. The highest BCUT2D eigenvalue weighted by Crippen LogP contribution is 2.10. The minimum absolute atomic E-state index is 0.0285. The SMILES string of the molecule is CCCCC(C(=O)O)N(CCCC)CC(N)=O. The van der Waals surface area contributed by atoms with Gasteiger partial charge in [-0.05, 0) is 19.4 Å². The Hall–Kier alpha value is -1.10. The van der Waals surface area contributed by atoms with Crippen molar-refractivity contribution < 1.29 is 14.7 Å². The second-order valence-corrected chi connectivity index (χ2v) is 4.29. The Balaban J connectivity index is 4.54. The molecule has 100 valence electrons. The van der Waals surface area contributed by atoms with Crippen molar-refractivity contribution in [3.63, 3.8) is 0 Å². The number of carboxylic acid groups (broad SMARTS) is 1. The van der Waals surface area contributed by atoms with Gasteiger partial charge in [-0.1, -0.05) is 33.1 Å². The van der Waals surface area contributed by atoms with E-state index in [0.717, 1.165) is 25.7 Å². The third-order valence-corrected chi connectivity index (χ3v) is 2.71. The van der Waals surface area contributed by atoms with Crippen molar-refractivity contribution in [2.24, 2.45) is 5.73 Å². The monoisotopic (exact) mass is 244 g/mol. The van der Waals surface area contributed by atoms with Gasteiger partial charge in [0.05, 0.1) is 6.54 Å². The van der Waals surface area contributed by atoms with Crippen LogP contribution >= 0.6 is 0 Å². The van der Waals surface area contributed by atoms with Crippen LogP contribution in [0.15, 0.2) is 0 Å². The second-order valence-electron chi connectivity index (χ2n) is 4.29. The summed E-state index contributed by atoms with van der Waals surface area (Å²) in [6.07, 6.45) is 4.21. The van der Waals surface area contributed by atoms with Crippen molar-refractivity contribution in [3.05, 3.63) is 0 Å². The molecule has 5 heteroatoms. The molecule has 0 aromatic rings. The second kappa shape index (κ2) is 8.98. The fraction of sp³-hybridized carbons (Fsp3) is 0.833. The van der Waals surface area contributed by atoms with E-state index in [1.165, 1.54) is 0 Å². The molecule has 1 atom stereocenters. The van der Waals surface area contributed by atoms with E-state index >= 15 is 0 Å². The predicted octanol–water partition coefficient (Wildman–Crippen LogP) is 1.22. The van der Waals surface area contributed by atoms with Crippen LogP contribution < -0.4 is 5.73 Å². The number of hydrogen-bond acceptors (Lipinski definition) is 3. The van der Waals surface area contributed by atoms with Gasteiger partial charge in [-0.2, -0.15) is 0 Å². The lowest BCUT2D eigenvalue weighted by Gasteiger charge is -2.27.